The summed E-state index contributed by atoms with van der Waals surface area (Å²) in [6.45, 7) is 4.51. The standard InChI is InChI=1S/C26H30N2O4/c1-19-12-14-22(15-13-19)26-27-23(20(2)32-26)11-7-4-8-18-31-28-24(16-17-25(29)30)21-9-5-3-6-10-21/h3,5-6,9-10,12-15H,4,7-8,11,16-18H2,1-2H3,(H,29,30)/b28-24-. The number of aliphatic carboxylic acids is 1. The van der Waals surface area contributed by atoms with Gasteiger partial charge in [-0.25, -0.2) is 4.98 Å². The zero-order valence-corrected chi connectivity index (χ0v) is 18.7. The Kier molecular flexibility index (Phi) is 8.61. The van der Waals surface area contributed by atoms with E-state index in [1.54, 1.807) is 0 Å². The van der Waals surface area contributed by atoms with Gasteiger partial charge in [0.15, 0.2) is 0 Å². The molecule has 0 unspecified atom stereocenters. The number of oxime groups is 1. The molecule has 0 amide bonds. The van der Waals surface area contributed by atoms with Crippen molar-refractivity contribution in [3.8, 4) is 11.5 Å². The van der Waals surface area contributed by atoms with Gasteiger partial charge >= 0.3 is 5.97 Å². The number of aromatic nitrogens is 1. The van der Waals surface area contributed by atoms with Crippen LogP contribution in [0.3, 0.4) is 0 Å². The number of carboxylic acid groups (broad SMARTS) is 1. The maximum absolute atomic E-state index is 10.9. The molecule has 0 aliphatic heterocycles. The van der Waals surface area contributed by atoms with Crippen LogP contribution in [0.2, 0.25) is 0 Å². The highest BCUT2D eigenvalue weighted by Gasteiger charge is 2.11. The molecule has 0 bridgehead atoms. The first-order valence-electron chi connectivity index (χ1n) is 11.0. The maximum Gasteiger partial charge on any atom is 0.303 e. The number of carboxylic acids is 1. The van der Waals surface area contributed by atoms with Crippen molar-refractivity contribution < 1.29 is 19.2 Å². The van der Waals surface area contributed by atoms with Gasteiger partial charge in [0.2, 0.25) is 5.89 Å². The number of rotatable bonds is 12. The smallest absolute Gasteiger partial charge is 0.303 e. The lowest BCUT2D eigenvalue weighted by Crippen LogP contribution is -2.06. The van der Waals surface area contributed by atoms with E-state index in [1.165, 1.54) is 5.56 Å². The van der Waals surface area contributed by atoms with Crippen LogP contribution in [-0.4, -0.2) is 28.4 Å². The van der Waals surface area contributed by atoms with Gasteiger partial charge in [0.1, 0.15) is 12.4 Å². The minimum absolute atomic E-state index is 0.0265. The zero-order valence-electron chi connectivity index (χ0n) is 18.7. The van der Waals surface area contributed by atoms with Gasteiger partial charge in [0.05, 0.1) is 17.8 Å². The average Bonchev–Trinajstić information content (AvgIpc) is 3.16. The summed E-state index contributed by atoms with van der Waals surface area (Å²) in [5.41, 5.74) is 4.75. The van der Waals surface area contributed by atoms with E-state index in [0.717, 1.165) is 48.3 Å². The lowest BCUT2D eigenvalue weighted by molar-refractivity contribution is -0.136. The highest BCUT2D eigenvalue weighted by Crippen LogP contribution is 2.23. The van der Waals surface area contributed by atoms with Crippen LogP contribution in [0, 0.1) is 13.8 Å². The molecule has 0 spiro atoms. The van der Waals surface area contributed by atoms with E-state index < -0.39 is 5.97 Å². The molecule has 1 N–H and O–H groups in total. The van der Waals surface area contributed by atoms with Crippen LogP contribution in [-0.2, 0) is 16.1 Å². The summed E-state index contributed by atoms with van der Waals surface area (Å²) in [7, 11) is 0. The highest BCUT2D eigenvalue weighted by atomic mass is 16.6. The van der Waals surface area contributed by atoms with Crippen molar-refractivity contribution in [2.24, 2.45) is 5.16 Å². The van der Waals surface area contributed by atoms with Crippen molar-refractivity contribution in [2.75, 3.05) is 6.61 Å². The topological polar surface area (TPSA) is 84.9 Å². The molecule has 0 saturated heterocycles. The van der Waals surface area contributed by atoms with E-state index in [-0.39, 0.29) is 6.42 Å². The molecule has 0 aliphatic carbocycles. The van der Waals surface area contributed by atoms with Crippen molar-refractivity contribution in [1.82, 2.24) is 4.98 Å². The Morgan fingerprint density at radius 3 is 2.47 bits per heavy atom. The maximum atomic E-state index is 10.9. The van der Waals surface area contributed by atoms with Gasteiger partial charge in [0.25, 0.3) is 0 Å². The molecule has 0 radical (unpaired) electrons. The van der Waals surface area contributed by atoms with Crippen LogP contribution in [0.1, 0.15) is 54.7 Å². The first kappa shape index (κ1) is 23.3. The molecular formula is C26H30N2O4. The molecule has 1 heterocycles. The molecule has 3 aromatic rings. The largest absolute Gasteiger partial charge is 0.481 e. The molecule has 0 atom stereocenters. The molecule has 6 heteroatoms. The Morgan fingerprint density at radius 1 is 1.00 bits per heavy atom. The summed E-state index contributed by atoms with van der Waals surface area (Å²) in [4.78, 5) is 21.1. The number of hydrogen-bond acceptors (Lipinski definition) is 5. The van der Waals surface area contributed by atoms with Crippen LogP contribution in [0.15, 0.2) is 64.2 Å². The Balaban J connectivity index is 1.43. The van der Waals surface area contributed by atoms with Crippen LogP contribution < -0.4 is 0 Å². The number of benzene rings is 2. The van der Waals surface area contributed by atoms with Crippen molar-refractivity contribution in [1.29, 1.82) is 0 Å². The van der Waals surface area contributed by atoms with E-state index in [1.807, 2.05) is 49.4 Å². The van der Waals surface area contributed by atoms with Crippen molar-refractivity contribution in [2.45, 2.75) is 52.4 Å². The van der Waals surface area contributed by atoms with E-state index in [2.05, 4.69) is 29.2 Å². The highest BCUT2D eigenvalue weighted by molar-refractivity contribution is 6.01. The fourth-order valence-corrected chi connectivity index (χ4v) is 3.34. The monoisotopic (exact) mass is 434 g/mol. The second-order valence-corrected chi connectivity index (χ2v) is 7.83. The minimum atomic E-state index is -0.845. The van der Waals surface area contributed by atoms with Crippen LogP contribution >= 0.6 is 0 Å². The Morgan fingerprint density at radius 2 is 1.75 bits per heavy atom. The van der Waals surface area contributed by atoms with Crippen molar-refractivity contribution >= 4 is 11.7 Å². The number of hydrogen-bond donors (Lipinski definition) is 1. The van der Waals surface area contributed by atoms with Crippen molar-refractivity contribution in [3.63, 3.8) is 0 Å². The second-order valence-electron chi connectivity index (χ2n) is 7.83. The van der Waals surface area contributed by atoms with Gasteiger partial charge in [-0.1, -0.05) is 53.2 Å². The fraction of sp³-hybridized carbons (Fsp3) is 0.346. The van der Waals surface area contributed by atoms with E-state index >= 15 is 0 Å². The van der Waals surface area contributed by atoms with Gasteiger partial charge < -0.3 is 14.4 Å². The minimum Gasteiger partial charge on any atom is -0.481 e. The predicted octanol–water partition coefficient (Wildman–Crippen LogP) is 5.96. The molecule has 2 aromatic carbocycles. The van der Waals surface area contributed by atoms with Crippen LogP contribution in [0.5, 0.6) is 0 Å². The lowest BCUT2D eigenvalue weighted by Gasteiger charge is -2.06. The summed E-state index contributed by atoms with van der Waals surface area (Å²) in [5.74, 6) is 0.694. The number of carbonyl (C=O) groups is 1. The average molecular weight is 435 g/mol. The van der Waals surface area contributed by atoms with Crippen LogP contribution in [0.25, 0.3) is 11.5 Å². The third-order valence-corrected chi connectivity index (χ3v) is 5.20. The Labute approximate surface area is 188 Å². The second kappa shape index (κ2) is 11.8. The summed E-state index contributed by atoms with van der Waals surface area (Å²) in [6.07, 6.45) is 4.06. The normalized spacial score (nSPS) is 11.5. The predicted molar refractivity (Wildman–Crippen MR) is 125 cm³/mol. The van der Waals surface area contributed by atoms with Crippen LogP contribution in [0.4, 0.5) is 0 Å². The van der Waals surface area contributed by atoms with E-state index in [0.29, 0.717) is 24.6 Å². The third kappa shape index (κ3) is 7.08. The number of aryl methyl sites for hydroxylation is 3. The number of nitrogens with zero attached hydrogens (tertiary/aromatic N) is 2. The van der Waals surface area contributed by atoms with E-state index in [4.69, 9.17) is 14.4 Å². The summed E-state index contributed by atoms with van der Waals surface area (Å²) < 4.78 is 5.85. The Hall–Kier alpha value is -3.41. The van der Waals surface area contributed by atoms with Crippen molar-refractivity contribution in [3.05, 3.63) is 77.2 Å². The first-order chi connectivity index (χ1) is 15.5. The third-order valence-electron chi connectivity index (χ3n) is 5.20. The summed E-state index contributed by atoms with van der Waals surface area (Å²) in [5, 5.41) is 13.2. The SMILES string of the molecule is Cc1ccc(-c2nc(CCCCCO/N=C(/CCC(=O)O)c3ccccc3)c(C)o2)cc1. The molecule has 1 aromatic heterocycles. The molecule has 32 heavy (non-hydrogen) atoms. The fourth-order valence-electron chi connectivity index (χ4n) is 3.34. The Bertz CT molecular complexity index is 1020. The lowest BCUT2D eigenvalue weighted by atomic mass is 10.1. The molecule has 0 aliphatic rings. The number of oxazole rings is 1. The van der Waals surface area contributed by atoms with Gasteiger partial charge in [-0.3, -0.25) is 4.79 Å². The van der Waals surface area contributed by atoms with Gasteiger partial charge in [-0.15, -0.1) is 0 Å². The molecule has 168 valence electrons. The van der Waals surface area contributed by atoms with Gasteiger partial charge in [0, 0.05) is 12.0 Å². The molecular weight excluding hydrogens is 404 g/mol. The zero-order chi connectivity index (χ0) is 22.8. The molecule has 6 nitrogen and oxygen atoms in total. The quantitative estimate of drug-likeness (QED) is 0.216. The van der Waals surface area contributed by atoms with Gasteiger partial charge in [-0.05, 0) is 57.2 Å². The summed E-state index contributed by atoms with van der Waals surface area (Å²) in [6, 6.07) is 17.7. The first-order valence-corrected chi connectivity index (χ1v) is 11.0. The molecule has 0 saturated carbocycles. The van der Waals surface area contributed by atoms with Gasteiger partial charge in [-0.2, -0.15) is 0 Å². The molecule has 0 fully saturated rings. The summed E-state index contributed by atoms with van der Waals surface area (Å²) >= 11 is 0. The number of unbranched alkanes of at least 4 members (excludes halogenated alkanes) is 2. The molecule has 3 rings (SSSR count). The van der Waals surface area contributed by atoms with E-state index in [9.17, 15) is 4.79 Å².